The number of benzene rings is 1. The number of hydrogen-bond acceptors (Lipinski definition) is 2. The average Bonchev–Trinajstić information content (AvgIpc) is 2.93. The quantitative estimate of drug-likeness (QED) is 0.806. The first-order chi connectivity index (χ1) is 7.80. The third-order valence-corrected chi connectivity index (χ3v) is 3.24. The predicted octanol–water partition coefficient (Wildman–Crippen LogP) is 2.77. The Morgan fingerprint density at radius 2 is 2.00 bits per heavy atom. The minimum atomic E-state index is -1.32. The van der Waals surface area contributed by atoms with Crippen LogP contribution >= 0.6 is 0 Å². The van der Waals surface area contributed by atoms with Gasteiger partial charge in [-0.25, -0.2) is 9.18 Å². The summed E-state index contributed by atoms with van der Waals surface area (Å²) in [7, 11) is 0. The van der Waals surface area contributed by atoms with Gasteiger partial charge in [0, 0.05) is 11.0 Å². The van der Waals surface area contributed by atoms with Gasteiger partial charge < -0.3 is 9.84 Å². The molecule has 1 aliphatic heterocycles. The van der Waals surface area contributed by atoms with Crippen molar-refractivity contribution in [2.45, 2.75) is 32.5 Å². The highest BCUT2D eigenvalue weighted by molar-refractivity contribution is 5.83. The van der Waals surface area contributed by atoms with Gasteiger partial charge in [0.1, 0.15) is 11.9 Å². The molecular formula is C13H15FO3. The minimum absolute atomic E-state index is 0.310. The van der Waals surface area contributed by atoms with E-state index in [0.29, 0.717) is 5.56 Å². The number of carbonyl (C=O) groups is 1. The lowest BCUT2D eigenvalue weighted by Gasteiger charge is -2.24. The Bertz CT molecular complexity index is 464. The van der Waals surface area contributed by atoms with Gasteiger partial charge in [0.25, 0.3) is 0 Å². The van der Waals surface area contributed by atoms with Crippen molar-refractivity contribution in [2.24, 2.45) is 5.41 Å². The molecule has 1 aromatic rings. The molecule has 0 spiro atoms. The molecule has 1 saturated heterocycles. The highest BCUT2D eigenvalue weighted by Gasteiger charge is 2.70. The molecule has 0 bridgehead atoms. The molecule has 1 aliphatic rings. The van der Waals surface area contributed by atoms with Crippen LogP contribution in [0, 0.1) is 11.2 Å². The van der Waals surface area contributed by atoms with Crippen molar-refractivity contribution in [3.63, 3.8) is 0 Å². The third-order valence-electron chi connectivity index (χ3n) is 3.24. The molecule has 0 aromatic heterocycles. The Morgan fingerprint density at radius 1 is 1.41 bits per heavy atom. The first-order valence-corrected chi connectivity index (χ1v) is 5.46. The number of hydrogen-bond donors (Lipinski definition) is 1. The lowest BCUT2D eigenvalue weighted by Crippen LogP contribution is -2.39. The van der Waals surface area contributed by atoms with Gasteiger partial charge in [-0.3, -0.25) is 0 Å². The summed E-state index contributed by atoms with van der Waals surface area (Å²) in [5.74, 6) is -1.47. The molecule has 0 aliphatic carbocycles. The van der Waals surface area contributed by atoms with Crippen LogP contribution in [0.2, 0.25) is 0 Å². The fourth-order valence-electron chi connectivity index (χ4n) is 2.18. The number of epoxide rings is 1. The van der Waals surface area contributed by atoms with Crippen molar-refractivity contribution in [1.82, 2.24) is 0 Å². The smallest absolute Gasteiger partial charge is 0.339 e. The number of halogens is 1. The lowest BCUT2D eigenvalue weighted by molar-refractivity contribution is -0.147. The summed E-state index contributed by atoms with van der Waals surface area (Å²) < 4.78 is 19.0. The topological polar surface area (TPSA) is 49.8 Å². The van der Waals surface area contributed by atoms with Gasteiger partial charge in [-0.1, -0.05) is 39.0 Å². The van der Waals surface area contributed by atoms with Crippen LogP contribution in [0.3, 0.4) is 0 Å². The summed E-state index contributed by atoms with van der Waals surface area (Å²) in [6.45, 7) is 5.34. The van der Waals surface area contributed by atoms with Crippen molar-refractivity contribution in [2.75, 3.05) is 0 Å². The zero-order valence-electron chi connectivity index (χ0n) is 10.0. The molecule has 0 amide bonds. The molecule has 1 heterocycles. The van der Waals surface area contributed by atoms with E-state index in [0.717, 1.165) is 0 Å². The maximum absolute atomic E-state index is 13.6. The third kappa shape index (κ3) is 1.63. The van der Waals surface area contributed by atoms with Crippen molar-refractivity contribution in [3.8, 4) is 0 Å². The molecule has 1 aromatic carbocycles. The second kappa shape index (κ2) is 3.53. The summed E-state index contributed by atoms with van der Waals surface area (Å²) in [4.78, 5) is 11.4. The Morgan fingerprint density at radius 3 is 2.41 bits per heavy atom. The molecule has 2 rings (SSSR count). The molecule has 0 radical (unpaired) electrons. The predicted molar refractivity (Wildman–Crippen MR) is 60.0 cm³/mol. The highest BCUT2D eigenvalue weighted by atomic mass is 19.1. The van der Waals surface area contributed by atoms with Crippen LogP contribution in [0.1, 0.15) is 32.4 Å². The zero-order chi connectivity index (χ0) is 12.8. The SMILES string of the molecule is CC(C)(C)[C@]1(C(=O)O)O[C@@H]1c1ccccc1F. The van der Waals surface area contributed by atoms with E-state index < -0.39 is 28.9 Å². The van der Waals surface area contributed by atoms with Gasteiger partial charge in [0.15, 0.2) is 0 Å². The molecule has 17 heavy (non-hydrogen) atoms. The van der Waals surface area contributed by atoms with Crippen LogP contribution in [0.4, 0.5) is 4.39 Å². The van der Waals surface area contributed by atoms with Crippen molar-refractivity contribution < 1.29 is 19.0 Å². The first kappa shape index (κ1) is 12.0. The molecule has 92 valence electrons. The number of ether oxygens (including phenoxy) is 1. The number of carboxylic acid groups (broad SMARTS) is 1. The van der Waals surface area contributed by atoms with E-state index in [9.17, 15) is 14.3 Å². The van der Waals surface area contributed by atoms with Crippen molar-refractivity contribution >= 4 is 5.97 Å². The molecule has 0 unspecified atom stereocenters. The molecule has 4 heteroatoms. The summed E-state index contributed by atoms with van der Waals surface area (Å²) >= 11 is 0. The highest BCUT2D eigenvalue weighted by Crippen LogP contribution is 2.59. The first-order valence-electron chi connectivity index (χ1n) is 5.46. The largest absolute Gasteiger partial charge is 0.479 e. The van der Waals surface area contributed by atoms with E-state index in [-0.39, 0.29) is 0 Å². The second-order valence-corrected chi connectivity index (χ2v) is 5.31. The Balaban J connectivity index is 2.41. The van der Waals surface area contributed by atoms with E-state index in [2.05, 4.69) is 0 Å². The van der Waals surface area contributed by atoms with Crippen molar-refractivity contribution in [3.05, 3.63) is 35.6 Å². The van der Waals surface area contributed by atoms with E-state index >= 15 is 0 Å². The number of carboxylic acids is 1. The Labute approximate surface area is 99.2 Å². The summed E-state index contributed by atoms with van der Waals surface area (Å²) in [6.07, 6.45) is -0.707. The van der Waals surface area contributed by atoms with Crippen LogP contribution in [-0.4, -0.2) is 16.7 Å². The van der Waals surface area contributed by atoms with Gasteiger partial charge in [0.2, 0.25) is 5.60 Å². The van der Waals surface area contributed by atoms with Crippen LogP contribution in [0.5, 0.6) is 0 Å². The lowest BCUT2D eigenvalue weighted by atomic mass is 9.76. The molecule has 2 atom stereocenters. The van der Waals surface area contributed by atoms with Crippen LogP contribution < -0.4 is 0 Å². The van der Waals surface area contributed by atoms with E-state index in [1.54, 1.807) is 39.0 Å². The Kier molecular flexibility index (Phi) is 2.51. The van der Waals surface area contributed by atoms with Gasteiger partial charge in [-0.15, -0.1) is 0 Å². The second-order valence-electron chi connectivity index (χ2n) is 5.31. The fraction of sp³-hybridized carbons (Fsp3) is 0.462. The van der Waals surface area contributed by atoms with E-state index in [4.69, 9.17) is 4.74 Å². The standard InChI is InChI=1S/C13H15FO3/c1-12(2,3)13(11(15)16)10(17-13)8-6-4-5-7-9(8)14/h4-7,10H,1-3H3,(H,15,16)/t10-,13+/m1/s1. The summed E-state index contributed by atoms with van der Waals surface area (Å²) in [5, 5.41) is 9.31. The fourth-order valence-corrected chi connectivity index (χ4v) is 2.18. The van der Waals surface area contributed by atoms with Crippen LogP contribution in [0.25, 0.3) is 0 Å². The van der Waals surface area contributed by atoms with Gasteiger partial charge in [-0.05, 0) is 6.07 Å². The molecule has 1 fully saturated rings. The molecule has 1 N–H and O–H groups in total. The molecular weight excluding hydrogens is 223 g/mol. The van der Waals surface area contributed by atoms with Gasteiger partial charge in [-0.2, -0.15) is 0 Å². The molecule has 3 nitrogen and oxygen atoms in total. The number of aliphatic carboxylic acids is 1. The maximum atomic E-state index is 13.6. The van der Waals surface area contributed by atoms with Crippen LogP contribution in [0.15, 0.2) is 24.3 Å². The van der Waals surface area contributed by atoms with Gasteiger partial charge >= 0.3 is 5.97 Å². The molecule has 0 saturated carbocycles. The number of rotatable bonds is 2. The summed E-state index contributed by atoms with van der Waals surface area (Å²) in [5.41, 5.74) is -1.61. The van der Waals surface area contributed by atoms with Crippen LogP contribution in [-0.2, 0) is 9.53 Å². The van der Waals surface area contributed by atoms with E-state index in [1.165, 1.54) is 6.07 Å². The average molecular weight is 238 g/mol. The monoisotopic (exact) mass is 238 g/mol. The summed E-state index contributed by atoms with van der Waals surface area (Å²) in [6, 6.07) is 6.12. The van der Waals surface area contributed by atoms with E-state index in [1.807, 2.05) is 0 Å². The minimum Gasteiger partial charge on any atom is -0.479 e. The maximum Gasteiger partial charge on any atom is 0.339 e. The normalized spacial score (nSPS) is 27.9. The van der Waals surface area contributed by atoms with Crippen molar-refractivity contribution in [1.29, 1.82) is 0 Å². The zero-order valence-corrected chi connectivity index (χ0v) is 10.0. The Hall–Kier alpha value is -1.42. The van der Waals surface area contributed by atoms with Gasteiger partial charge in [0.05, 0.1) is 0 Å².